The molecule has 0 saturated carbocycles. The number of nitrogens with two attached hydrogens (primary N) is 1. The number of halogens is 3. The molecule has 1 heterocycles. The average molecular weight is 436 g/mol. The molecule has 0 aliphatic carbocycles. The Morgan fingerprint density at radius 2 is 2.05 bits per heavy atom. The summed E-state index contributed by atoms with van der Waals surface area (Å²) in [4.78, 5) is 0. The van der Waals surface area contributed by atoms with Crippen LogP contribution in [0.2, 0.25) is 5.02 Å². The smallest absolute Gasteiger partial charge is 0.0738 e. The lowest BCUT2D eigenvalue weighted by atomic mass is 9.88. The second-order valence-corrected chi connectivity index (χ2v) is 7.50. The van der Waals surface area contributed by atoms with Crippen molar-refractivity contribution in [3.63, 3.8) is 0 Å². The normalized spacial score (nSPS) is 14.2. The van der Waals surface area contributed by atoms with Crippen LogP contribution >= 0.6 is 43.5 Å². The van der Waals surface area contributed by atoms with Crippen LogP contribution in [0.3, 0.4) is 0 Å². The molecule has 2 rings (SSSR count). The predicted octanol–water partition coefficient (Wildman–Crippen LogP) is 4.81. The number of nitrogens with zero attached hydrogens (tertiary/aromatic N) is 2. The molecule has 1 unspecified atom stereocenters. The number of aromatic nitrogens is 2. The minimum Gasteiger partial charge on any atom is -0.321 e. The summed E-state index contributed by atoms with van der Waals surface area (Å²) in [7, 11) is 0. The first-order chi connectivity index (χ1) is 9.76. The van der Waals surface area contributed by atoms with E-state index in [1.54, 1.807) is 0 Å². The van der Waals surface area contributed by atoms with Crippen LogP contribution in [0, 0.1) is 6.92 Å². The summed E-state index contributed by atoms with van der Waals surface area (Å²) in [6.45, 7) is 6.87. The van der Waals surface area contributed by atoms with Gasteiger partial charge in [-0.3, -0.25) is 4.68 Å². The second kappa shape index (κ2) is 6.41. The van der Waals surface area contributed by atoms with Gasteiger partial charge < -0.3 is 5.73 Å². The minimum atomic E-state index is -0.570. The summed E-state index contributed by atoms with van der Waals surface area (Å²) in [5.41, 5.74) is 9.00. The molecule has 21 heavy (non-hydrogen) atoms. The van der Waals surface area contributed by atoms with Gasteiger partial charge in [-0.15, -0.1) is 0 Å². The maximum Gasteiger partial charge on any atom is 0.0738 e. The lowest BCUT2D eigenvalue weighted by Crippen LogP contribution is -2.36. The first kappa shape index (κ1) is 17.0. The third kappa shape index (κ3) is 3.52. The highest BCUT2D eigenvalue weighted by molar-refractivity contribution is 9.10. The molecule has 2 N–H and O–H groups in total. The Morgan fingerprint density at radius 3 is 2.62 bits per heavy atom. The Hall–Kier alpha value is -0.360. The fourth-order valence-corrected chi connectivity index (χ4v) is 3.75. The summed E-state index contributed by atoms with van der Waals surface area (Å²) >= 11 is 13.4. The maximum absolute atomic E-state index is 6.56. The molecule has 1 aromatic carbocycles. The van der Waals surface area contributed by atoms with Crippen LogP contribution < -0.4 is 5.73 Å². The van der Waals surface area contributed by atoms with Gasteiger partial charge in [0.2, 0.25) is 0 Å². The van der Waals surface area contributed by atoms with Crippen molar-refractivity contribution in [2.45, 2.75) is 39.3 Å². The van der Waals surface area contributed by atoms with Crippen LogP contribution in [0.25, 0.3) is 0 Å². The number of rotatable bonds is 4. The average Bonchev–Trinajstić information content (AvgIpc) is 2.65. The maximum atomic E-state index is 6.56. The van der Waals surface area contributed by atoms with Gasteiger partial charge in [0, 0.05) is 28.0 Å². The number of hydrogen-bond acceptors (Lipinski definition) is 2. The predicted molar refractivity (Wildman–Crippen MR) is 94.7 cm³/mol. The fraction of sp³-hybridized carbons (Fsp3) is 0.400. The summed E-state index contributed by atoms with van der Waals surface area (Å²) in [6.07, 6.45) is 0.656. The van der Waals surface area contributed by atoms with Crippen LogP contribution in [-0.2, 0) is 18.5 Å². The van der Waals surface area contributed by atoms with Crippen molar-refractivity contribution in [1.82, 2.24) is 9.78 Å². The topological polar surface area (TPSA) is 43.8 Å². The largest absolute Gasteiger partial charge is 0.321 e. The molecule has 3 nitrogen and oxygen atoms in total. The second-order valence-electron chi connectivity index (χ2n) is 5.38. The van der Waals surface area contributed by atoms with Gasteiger partial charge in [-0.1, -0.05) is 33.6 Å². The summed E-state index contributed by atoms with van der Waals surface area (Å²) in [5, 5.41) is 5.19. The molecule has 0 amide bonds. The Morgan fingerprint density at radius 1 is 1.38 bits per heavy atom. The number of benzene rings is 1. The standard InChI is InChI=1S/C15H18Br2ClN3/c1-4-21-13(14(17)9(2)20-21)8-15(3,19)11-6-5-10(16)7-12(11)18/h5-7H,4,8,19H2,1-3H3. The Bertz CT molecular complexity index is 665. The van der Waals surface area contributed by atoms with Crippen molar-refractivity contribution in [1.29, 1.82) is 0 Å². The van der Waals surface area contributed by atoms with Gasteiger partial charge in [0.05, 0.1) is 15.9 Å². The van der Waals surface area contributed by atoms with E-state index >= 15 is 0 Å². The van der Waals surface area contributed by atoms with Crippen molar-refractivity contribution < 1.29 is 0 Å². The molecule has 0 spiro atoms. The van der Waals surface area contributed by atoms with Crippen molar-refractivity contribution in [3.05, 3.63) is 49.1 Å². The molecular formula is C15H18Br2ClN3. The van der Waals surface area contributed by atoms with Crippen molar-refractivity contribution >= 4 is 43.5 Å². The van der Waals surface area contributed by atoms with Gasteiger partial charge in [-0.05, 0) is 54.4 Å². The monoisotopic (exact) mass is 433 g/mol. The zero-order chi connectivity index (χ0) is 15.8. The van der Waals surface area contributed by atoms with Crippen LogP contribution in [0.1, 0.15) is 30.8 Å². The third-order valence-electron chi connectivity index (χ3n) is 3.53. The van der Waals surface area contributed by atoms with Gasteiger partial charge in [-0.2, -0.15) is 5.10 Å². The van der Waals surface area contributed by atoms with Crippen LogP contribution in [0.4, 0.5) is 0 Å². The third-order valence-corrected chi connectivity index (χ3v) is 5.37. The van der Waals surface area contributed by atoms with E-state index in [1.165, 1.54) is 0 Å². The lowest BCUT2D eigenvalue weighted by molar-refractivity contribution is 0.463. The Balaban J connectivity index is 2.41. The summed E-state index contributed by atoms with van der Waals surface area (Å²) in [5.74, 6) is 0. The molecule has 0 aliphatic rings. The molecule has 1 atom stereocenters. The van der Waals surface area contributed by atoms with Gasteiger partial charge in [0.1, 0.15) is 0 Å². The van der Waals surface area contributed by atoms with Crippen LogP contribution in [0.5, 0.6) is 0 Å². The summed E-state index contributed by atoms with van der Waals surface area (Å²) in [6, 6.07) is 5.81. The van der Waals surface area contributed by atoms with Gasteiger partial charge in [0.15, 0.2) is 0 Å². The molecule has 0 bridgehead atoms. The highest BCUT2D eigenvalue weighted by Gasteiger charge is 2.28. The Kier molecular flexibility index (Phi) is 5.19. The molecule has 1 aromatic heterocycles. The van der Waals surface area contributed by atoms with E-state index in [-0.39, 0.29) is 0 Å². The number of aryl methyl sites for hydroxylation is 2. The quantitative estimate of drug-likeness (QED) is 0.749. The van der Waals surface area contributed by atoms with E-state index < -0.39 is 5.54 Å². The first-order valence-corrected chi connectivity index (χ1v) is 8.69. The molecule has 6 heteroatoms. The van der Waals surface area contributed by atoms with Crippen molar-refractivity contribution in [2.75, 3.05) is 0 Å². The van der Waals surface area contributed by atoms with E-state index in [0.717, 1.165) is 32.4 Å². The zero-order valence-corrected chi connectivity index (χ0v) is 16.2. The van der Waals surface area contributed by atoms with E-state index in [1.807, 2.05) is 36.7 Å². The van der Waals surface area contributed by atoms with E-state index in [0.29, 0.717) is 11.4 Å². The highest BCUT2D eigenvalue weighted by Crippen LogP contribution is 2.33. The van der Waals surface area contributed by atoms with Gasteiger partial charge in [-0.25, -0.2) is 0 Å². The van der Waals surface area contributed by atoms with E-state index in [9.17, 15) is 0 Å². The van der Waals surface area contributed by atoms with E-state index in [4.69, 9.17) is 17.3 Å². The molecule has 0 radical (unpaired) electrons. The van der Waals surface area contributed by atoms with E-state index in [2.05, 4.69) is 43.9 Å². The molecule has 0 aliphatic heterocycles. The van der Waals surface area contributed by atoms with Gasteiger partial charge in [0.25, 0.3) is 0 Å². The minimum absolute atomic E-state index is 0.570. The molecule has 2 aromatic rings. The molecule has 114 valence electrons. The summed E-state index contributed by atoms with van der Waals surface area (Å²) < 4.78 is 3.95. The molecular weight excluding hydrogens is 417 g/mol. The van der Waals surface area contributed by atoms with Crippen molar-refractivity contribution in [3.8, 4) is 0 Å². The van der Waals surface area contributed by atoms with Crippen LogP contribution in [0.15, 0.2) is 27.1 Å². The Labute approximate surface area is 147 Å². The molecule has 0 fully saturated rings. The van der Waals surface area contributed by atoms with Crippen LogP contribution in [-0.4, -0.2) is 9.78 Å². The highest BCUT2D eigenvalue weighted by atomic mass is 79.9. The number of hydrogen-bond donors (Lipinski definition) is 1. The van der Waals surface area contributed by atoms with Gasteiger partial charge >= 0.3 is 0 Å². The SMILES string of the molecule is CCn1nc(C)c(Br)c1CC(C)(N)c1ccc(Br)cc1Cl. The lowest BCUT2D eigenvalue weighted by Gasteiger charge is -2.27. The fourth-order valence-electron chi connectivity index (χ4n) is 2.43. The van der Waals surface area contributed by atoms with Crippen molar-refractivity contribution in [2.24, 2.45) is 5.73 Å². The zero-order valence-electron chi connectivity index (χ0n) is 12.3. The first-order valence-electron chi connectivity index (χ1n) is 6.72. The molecule has 0 saturated heterocycles.